The Kier molecular flexibility index (Phi) is 66.9. The van der Waals surface area contributed by atoms with Gasteiger partial charge in [0.15, 0.2) is 0 Å². The van der Waals surface area contributed by atoms with Gasteiger partial charge < -0.3 is 41.9 Å². The number of nitro groups is 1. The molecule has 7 rings (SSSR count). The molecule has 1 aromatic heterocycles. The van der Waals surface area contributed by atoms with E-state index < -0.39 is 16.4 Å². The number of nitrogens with one attached hydrogen (secondary N) is 2. The van der Waals surface area contributed by atoms with Gasteiger partial charge in [0.05, 0.1) is 33.0 Å². The molecule has 6 aromatic carbocycles. The molecular formula is C63H95FN7O6Y3-3. The van der Waals surface area contributed by atoms with Crippen LogP contribution in [0.2, 0.25) is 0 Å². The molecule has 13 nitrogen and oxygen atoms in total. The number of benzene rings is 6. The van der Waals surface area contributed by atoms with Gasteiger partial charge in [-0.3, -0.25) is 33.5 Å². The Morgan fingerprint density at radius 2 is 1.00 bits per heavy atom. The van der Waals surface area contributed by atoms with Crippen LogP contribution in [-0.2, 0) is 132 Å². The van der Waals surface area contributed by atoms with Crippen molar-refractivity contribution < 1.29 is 122 Å². The van der Waals surface area contributed by atoms with Gasteiger partial charge in [-0.2, -0.15) is 4.39 Å². The fourth-order valence-electron chi connectivity index (χ4n) is 6.55. The molecule has 0 aliphatic rings. The number of aromatic amines is 1. The molecule has 0 saturated heterocycles. The Bertz CT molecular complexity index is 2650. The van der Waals surface area contributed by atoms with Crippen molar-refractivity contribution in [3.8, 4) is 5.69 Å². The molecule has 3 atom stereocenters. The zero-order valence-corrected chi connectivity index (χ0v) is 52.5. The molecule has 7 aromatic rings. The minimum Gasteiger partial charge on any atom is -0.542 e. The van der Waals surface area contributed by atoms with Crippen LogP contribution in [0.25, 0.3) is 16.7 Å². The van der Waals surface area contributed by atoms with E-state index in [9.17, 15) is 33.7 Å². The van der Waals surface area contributed by atoms with Crippen LogP contribution in [0.3, 0.4) is 0 Å². The number of halogens is 1. The van der Waals surface area contributed by atoms with Crippen molar-refractivity contribution >= 4 is 58.3 Å². The van der Waals surface area contributed by atoms with Crippen LogP contribution in [0.5, 0.6) is 0 Å². The summed E-state index contributed by atoms with van der Waals surface area (Å²) in [5, 5.41) is 13.3. The molecule has 80 heavy (non-hydrogen) atoms. The number of aromatic nitrogens is 2. The summed E-state index contributed by atoms with van der Waals surface area (Å²) >= 11 is 0. The van der Waals surface area contributed by atoms with Crippen LogP contribution in [0.15, 0.2) is 150 Å². The summed E-state index contributed by atoms with van der Waals surface area (Å²) in [6.07, 6.45) is 9.34. The van der Waals surface area contributed by atoms with Crippen LogP contribution < -0.4 is 28.2 Å². The van der Waals surface area contributed by atoms with Gasteiger partial charge in [0.1, 0.15) is 0 Å². The summed E-state index contributed by atoms with van der Waals surface area (Å²) in [6.45, 7) is 16.1. The predicted octanol–water partition coefficient (Wildman–Crippen LogP) is 15.9. The van der Waals surface area contributed by atoms with Crippen molar-refractivity contribution in [2.45, 2.75) is 145 Å². The van der Waals surface area contributed by atoms with E-state index in [0.29, 0.717) is 31.1 Å². The van der Waals surface area contributed by atoms with E-state index in [4.69, 9.17) is 17.2 Å². The molecule has 0 unspecified atom stereocenters. The maximum Gasteiger partial charge on any atom is 0.331 e. The smallest absolute Gasteiger partial charge is 0.331 e. The standard InChI is InChI=1S/C17H16N3O2.C17H19N2O.C11H14NO.C6H4FNO2.3C2H6.6CH4.3Y/c18-13(9-10-21)11-12-5-7-14(8-6-12)20-16-4-2-1-3-15(16)19-17(20)22;1-13(10-11-20)12-14-6-8-15(9-7-14)19-17-5-3-2-4-16(17)18;1-9(6-7-13)8-10-2-4-11(12)5-3-10;7-5-3-1-2-4-6(5)8(9)10;3*1-2;;;;;;;;;/h1-8,13H,9,11,18H2,(H,19,22);2-9,13,19H,10,12,18H2,1H3;2-5,9H,6,8,12H2,1H3;1-4H;3*1-2H3;6*1H4;;;/q3*-1;;;;;;;;;;;;;/t2*13-;9-;;;;;;;;;;;;;/m000............./s1. The molecule has 3 radical (unpaired) electrons. The van der Waals surface area contributed by atoms with Gasteiger partial charge >= 0.3 is 11.4 Å². The molecule has 17 heteroatoms. The van der Waals surface area contributed by atoms with Crippen molar-refractivity contribution in [1.82, 2.24) is 9.55 Å². The Morgan fingerprint density at radius 3 is 1.45 bits per heavy atom. The third-order valence-corrected chi connectivity index (χ3v) is 9.88. The summed E-state index contributed by atoms with van der Waals surface area (Å²) in [5.74, 6) is -0.107. The van der Waals surface area contributed by atoms with Crippen molar-refractivity contribution in [3.05, 3.63) is 189 Å². The second-order valence-corrected chi connectivity index (χ2v) is 15.4. The number of hydrogen-bond acceptors (Lipinski definition) is 10. The minimum atomic E-state index is -0.799. The van der Waals surface area contributed by atoms with Crippen LogP contribution in [0, 0.1) is 27.8 Å². The normalized spacial score (nSPS) is 9.78. The van der Waals surface area contributed by atoms with E-state index in [-0.39, 0.29) is 161 Å². The van der Waals surface area contributed by atoms with Crippen LogP contribution in [-0.4, -0.2) is 39.4 Å². The number of para-hydroxylation sites is 5. The van der Waals surface area contributed by atoms with Crippen LogP contribution >= 0.6 is 0 Å². The summed E-state index contributed by atoms with van der Waals surface area (Å²) < 4.78 is 14.0. The summed E-state index contributed by atoms with van der Waals surface area (Å²) in [4.78, 5) is 55.0. The fraction of sp³-hybridized carbons (Fsp3) is 0.365. The number of nitrogens with zero attached hydrogens (tertiary/aromatic N) is 2. The quantitative estimate of drug-likeness (QED) is 0.0266. The maximum atomic E-state index is 12.4. The molecule has 0 amide bonds. The van der Waals surface area contributed by atoms with Gasteiger partial charge in [-0.25, -0.2) is 4.79 Å². The summed E-state index contributed by atoms with van der Waals surface area (Å²) in [7, 11) is 0. The molecule has 437 valence electrons. The molecule has 0 spiro atoms. The van der Waals surface area contributed by atoms with E-state index in [0.717, 1.165) is 70.0 Å². The Labute approximate surface area is 557 Å². The average Bonchev–Trinajstić information content (AvgIpc) is 3.72. The third-order valence-electron chi connectivity index (χ3n) is 9.88. The molecule has 0 fully saturated rings. The fourth-order valence-corrected chi connectivity index (χ4v) is 6.55. The summed E-state index contributed by atoms with van der Waals surface area (Å²) in [6, 6.07) is 43.6. The Balaban J connectivity index is -0.000000116. The van der Waals surface area contributed by atoms with Crippen LogP contribution in [0.1, 0.15) is 136 Å². The monoisotopic (exact) mass is 1330 g/mol. The zero-order valence-electron chi connectivity index (χ0n) is 44.0. The van der Waals surface area contributed by atoms with E-state index >= 15 is 0 Å². The van der Waals surface area contributed by atoms with Crippen molar-refractivity contribution in [2.75, 3.05) is 16.8 Å². The topological polar surface area (TPSA) is 222 Å². The molecule has 8 N–H and O–H groups in total. The first-order chi connectivity index (χ1) is 34.3. The van der Waals surface area contributed by atoms with Gasteiger partial charge in [-0.05, 0) is 109 Å². The number of hydrogen-bond donors (Lipinski definition) is 5. The minimum absolute atomic E-state index is 0. The SMILES string of the molecule is C.C.C.C.C.C.CC.CC.CC.C[C@@H](C[C-]=O)Cc1ccc(N)cc1.C[C@@H](C[C-]=O)Cc1ccc(Nc2ccccc2N)cc1.N[C@@H](C[C-]=O)Cc1ccc(-n2c(=O)[nH]c3ccccc32)cc1.O=[N+]([O-])c1ccccc1F.[Y].[Y].[Y]. The number of nitrogens with two attached hydrogens (primary N) is 3. The maximum absolute atomic E-state index is 12.4. The van der Waals surface area contributed by atoms with Crippen LogP contribution in [0.4, 0.5) is 32.8 Å². The van der Waals surface area contributed by atoms with Gasteiger partial charge in [-0.1, -0.05) is 185 Å². The number of anilines is 4. The van der Waals surface area contributed by atoms with Gasteiger partial charge in [-0.15, -0.1) is 19.3 Å². The first-order valence-corrected chi connectivity index (χ1v) is 23.8. The second kappa shape index (κ2) is 56.5. The molecule has 0 aliphatic carbocycles. The number of nitro benzene ring substituents is 1. The molecule has 0 aliphatic heterocycles. The second-order valence-electron chi connectivity index (χ2n) is 15.4. The van der Waals surface area contributed by atoms with E-state index in [2.05, 4.69) is 29.4 Å². The summed E-state index contributed by atoms with van der Waals surface area (Å²) in [5.41, 5.74) is 25.9. The van der Waals surface area contributed by atoms with Gasteiger partial charge in [0.2, 0.25) is 5.82 Å². The predicted molar refractivity (Wildman–Crippen MR) is 331 cm³/mol. The zero-order chi connectivity index (χ0) is 53.1. The number of carbonyl (C=O) groups excluding carboxylic acids is 3. The van der Waals surface area contributed by atoms with Crippen molar-refractivity contribution in [3.63, 3.8) is 0 Å². The third kappa shape index (κ3) is 36.1. The Morgan fingerprint density at radius 1 is 0.588 bits per heavy atom. The van der Waals surface area contributed by atoms with Gasteiger partial charge in [0, 0.05) is 116 Å². The van der Waals surface area contributed by atoms with Crippen molar-refractivity contribution in [2.24, 2.45) is 17.6 Å². The number of imidazole rings is 1. The largest absolute Gasteiger partial charge is 0.542 e. The first kappa shape index (κ1) is 94.9. The molecule has 0 bridgehead atoms. The van der Waals surface area contributed by atoms with E-state index in [1.54, 1.807) is 4.57 Å². The number of H-pyrrole nitrogens is 1. The van der Waals surface area contributed by atoms with Crippen molar-refractivity contribution in [1.29, 1.82) is 0 Å². The molecular weight excluding hydrogens is 1240 g/mol. The number of rotatable bonds is 16. The number of fused-ring (bicyclic) bond motifs is 1. The molecule has 0 saturated carbocycles. The average molecular weight is 1330 g/mol. The Hall–Kier alpha value is -4.40. The van der Waals surface area contributed by atoms with Gasteiger partial charge in [0.25, 0.3) is 0 Å². The number of nitrogen functional groups attached to an aromatic ring is 2. The first-order valence-electron chi connectivity index (χ1n) is 23.8. The van der Waals surface area contributed by atoms with E-state index in [1.807, 2.05) is 177 Å². The van der Waals surface area contributed by atoms with E-state index in [1.165, 1.54) is 23.3 Å². The molecule has 1 heterocycles.